The number of anilines is 3. The van der Waals surface area contributed by atoms with E-state index in [1.807, 2.05) is 47.3 Å². The van der Waals surface area contributed by atoms with E-state index in [2.05, 4.69) is 31.9 Å². The normalized spacial score (nSPS) is 17.2. The van der Waals surface area contributed by atoms with Crippen LogP contribution in [0.5, 0.6) is 0 Å². The summed E-state index contributed by atoms with van der Waals surface area (Å²) in [7, 11) is 0. The molecule has 5 rings (SSSR count). The summed E-state index contributed by atoms with van der Waals surface area (Å²) >= 11 is 0. The van der Waals surface area contributed by atoms with Crippen LogP contribution in [0.3, 0.4) is 0 Å². The van der Waals surface area contributed by atoms with Crippen LogP contribution >= 0.6 is 12.4 Å². The van der Waals surface area contributed by atoms with Gasteiger partial charge in [-0.3, -0.25) is 9.59 Å². The number of aliphatic hydroxyl groups is 2. The average Bonchev–Trinajstić information content (AvgIpc) is 4.01. The fourth-order valence-corrected chi connectivity index (χ4v) is 7.21. The Balaban J connectivity index is 0.00000898. The lowest BCUT2D eigenvalue weighted by atomic mass is 9.97. The lowest BCUT2D eigenvalue weighted by molar-refractivity contribution is -0.137. The third-order valence-corrected chi connectivity index (χ3v) is 11.5. The minimum absolute atomic E-state index is 0. The van der Waals surface area contributed by atoms with Crippen LogP contribution in [0.1, 0.15) is 76.1 Å². The monoisotopic (exact) mass is 919 g/mol. The number of aromatic nitrogens is 9. The number of hydrogen-bond donors (Lipinski definition) is 5. The van der Waals surface area contributed by atoms with E-state index in [1.165, 1.54) is 0 Å². The van der Waals surface area contributed by atoms with Crippen molar-refractivity contribution < 1.29 is 34.0 Å². The molecule has 0 aliphatic carbocycles. The molecule has 2 aliphatic heterocycles. The van der Waals surface area contributed by atoms with E-state index in [1.54, 1.807) is 21.8 Å². The highest BCUT2D eigenvalue weighted by Gasteiger charge is 2.36. The Morgan fingerprint density at radius 3 is 1.55 bits per heavy atom. The lowest BCUT2D eigenvalue weighted by Crippen LogP contribution is -2.52. The minimum atomic E-state index is -0.686. The SMILES string of the molecule is C#CCOCCOCCOCCNc1nc(N2CCN(C(=O)[C@H]([C@@H](C)CC)n3cc([C@@H](N)CO)nn3)CC2)nc(N2CCN(C(=O)[C@H]([C@@H](C)CC)n3cc([C@@H](N)CO)nn3)CC2)n1.Cl. The first-order valence-electron chi connectivity index (χ1n) is 21.8. The van der Waals surface area contributed by atoms with E-state index in [0.29, 0.717) is 121 Å². The van der Waals surface area contributed by atoms with Crippen LogP contribution in [0.4, 0.5) is 17.8 Å². The summed E-state index contributed by atoms with van der Waals surface area (Å²) in [6, 6.07) is -2.54. The first kappa shape index (κ1) is 51.8. The van der Waals surface area contributed by atoms with Crippen LogP contribution in [0.25, 0.3) is 0 Å². The number of nitrogens with two attached hydrogens (primary N) is 2. The van der Waals surface area contributed by atoms with Gasteiger partial charge in [-0.25, -0.2) is 9.36 Å². The van der Waals surface area contributed by atoms with Gasteiger partial charge < -0.3 is 60.8 Å². The van der Waals surface area contributed by atoms with Crippen LogP contribution in [0.2, 0.25) is 0 Å². The van der Waals surface area contributed by atoms with E-state index in [0.717, 1.165) is 12.8 Å². The summed E-state index contributed by atoms with van der Waals surface area (Å²) in [6.07, 6.45) is 9.97. The molecule has 0 unspecified atom stereocenters. The summed E-state index contributed by atoms with van der Waals surface area (Å²) in [5, 5.41) is 39.1. The maximum atomic E-state index is 14.1. The number of nitrogens with zero attached hydrogens (tertiary/aromatic N) is 13. The topological polar surface area (TPSA) is 279 Å². The van der Waals surface area contributed by atoms with Crippen molar-refractivity contribution in [1.82, 2.24) is 54.7 Å². The van der Waals surface area contributed by atoms with Crippen LogP contribution in [0.15, 0.2) is 12.4 Å². The molecule has 5 heterocycles. The van der Waals surface area contributed by atoms with Crippen LogP contribution in [-0.2, 0) is 23.8 Å². The predicted octanol–water partition coefficient (Wildman–Crippen LogP) is -0.572. The number of halogens is 1. The van der Waals surface area contributed by atoms with Gasteiger partial charge in [-0.1, -0.05) is 56.9 Å². The maximum absolute atomic E-state index is 14.1. The molecule has 0 saturated carbocycles. The molecule has 0 spiro atoms. The smallest absolute Gasteiger partial charge is 0.247 e. The molecule has 356 valence electrons. The molecule has 7 N–H and O–H groups in total. The second-order valence-electron chi connectivity index (χ2n) is 15.8. The lowest BCUT2D eigenvalue weighted by Gasteiger charge is -2.38. The number of carbonyl (C=O) groups is 2. The number of hydrogen-bond acceptors (Lipinski definition) is 19. The summed E-state index contributed by atoms with van der Waals surface area (Å²) in [5.74, 6) is 3.51. The number of carbonyl (C=O) groups excluding carboxylic acids is 2. The molecule has 0 aromatic carbocycles. The molecule has 2 saturated heterocycles. The maximum Gasteiger partial charge on any atom is 0.247 e. The van der Waals surface area contributed by atoms with E-state index >= 15 is 0 Å². The molecule has 0 bridgehead atoms. The molecule has 6 atom stereocenters. The number of ether oxygens (including phenoxy) is 3. The van der Waals surface area contributed by atoms with Gasteiger partial charge in [0, 0.05) is 58.9 Å². The zero-order chi connectivity index (χ0) is 45.3. The van der Waals surface area contributed by atoms with E-state index in [4.69, 9.17) is 47.1 Å². The zero-order valence-corrected chi connectivity index (χ0v) is 38.3. The van der Waals surface area contributed by atoms with Crippen molar-refractivity contribution >= 4 is 42.1 Å². The molecule has 64 heavy (non-hydrogen) atoms. The van der Waals surface area contributed by atoms with Gasteiger partial charge in [0.15, 0.2) is 0 Å². The Kier molecular flexibility index (Phi) is 21.2. The molecule has 23 nitrogen and oxygen atoms in total. The molecule has 0 radical (unpaired) electrons. The fourth-order valence-electron chi connectivity index (χ4n) is 7.21. The fraction of sp³-hybridized carbons (Fsp3) is 0.725. The van der Waals surface area contributed by atoms with E-state index < -0.39 is 24.2 Å². The first-order chi connectivity index (χ1) is 30.5. The Hall–Kier alpha value is -4.80. The summed E-state index contributed by atoms with van der Waals surface area (Å²) in [5.41, 5.74) is 12.8. The Morgan fingerprint density at radius 2 is 1.14 bits per heavy atom. The Morgan fingerprint density at radius 1 is 0.719 bits per heavy atom. The number of terminal acetylenes is 1. The largest absolute Gasteiger partial charge is 0.394 e. The van der Waals surface area contributed by atoms with Gasteiger partial charge >= 0.3 is 0 Å². The second kappa shape index (κ2) is 26.2. The summed E-state index contributed by atoms with van der Waals surface area (Å²) < 4.78 is 19.6. The van der Waals surface area contributed by atoms with E-state index in [9.17, 15) is 19.8 Å². The third-order valence-electron chi connectivity index (χ3n) is 11.5. The van der Waals surface area contributed by atoms with Gasteiger partial charge in [-0.2, -0.15) is 15.0 Å². The van der Waals surface area contributed by atoms with E-state index in [-0.39, 0.29) is 55.9 Å². The third kappa shape index (κ3) is 13.9. The molecular weight excluding hydrogens is 852 g/mol. The first-order valence-corrected chi connectivity index (χ1v) is 21.8. The van der Waals surface area contributed by atoms with Crippen molar-refractivity contribution in [3.63, 3.8) is 0 Å². The quantitative estimate of drug-likeness (QED) is 0.0526. The molecule has 2 amide bonds. The number of nitrogens with one attached hydrogen (secondary N) is 1. The second-order valence-corrected chi connectivity index (χ2v) is 15.8. The van der Waals surface area contributed by atoms with Crippen LogP contribution < -0.4 is 26.6 Å². The molecule has 3 aromatic heterocycles. The van der Waals surface area contributed by atoms with Crippen LogP contribution in [-0.4, -0.2) is 189 Å². The highest BCUT2D eigenvalue weighted by molar-refractivity contribution is 5.85. The predicted molar refractivity (Wildman–Crippen MR) is 239 cm³/mol. The highest BCUT2D eigenvalue weighted by Crippen LogP contribution is 2.28. The van der Waals surface area contributed by atoms with Gasteiger partial charge in [0.2, 0.25) is 29.7 Å². The average molecular weight is 920 g/mol. The van der Waals surface area contributed by atoms with Crippen molar-refractivity contribution in [2.45, 2.75) is 64.7 Å². The minimum Gasteiger partial charge on any atom is -0.394 e. The van der Waals surface area contributed by atoms with Crippen molar-refractivity contribution in [2.24, 2.45) is 23.3 Å². The summed E-state index contributed by atoms with van der Waals surface area (Å²) in [4.78, 5) is 50.4. The standard InChI is InChI=1S/C40H66N16O7.ClH/c1-6-18-61-20-22-63-23-21-62-19-9-43-38-44-39(53-14-10-51(11-15-53)36(59)34(28(4)7-2)55-24-32(47-49-55)30(41)26-57)46-40(45-38)54-16-12-52(13-17-54)37(60)35(29(5)8-3)56-25-33(48-50-56)31(42)27-58;/h1,24-25,28-31,34-35,57-58H,7-23,26-27,41-42H2,2-5H3,(H,43,44,45,46);1H/t28-,29-,30-,31-,34-,35-;/m0./s1. The summed E-state index contributed by atoms with van der Waals surface area (Å²) in [6.45, 7) is 13.8. The molecule has 3 aromatic rings. The highest BCUT2D eigenvalue weighted by atomic mass is 35.5. The van der Waals surface area contributed by atoms with Crippen molar-refractivity contribution in [2.75, 3.05) is 127 Å². The number of amides is 2. The molecule has 2 aliphatic rings. The Labute approximate surface area is 381 Å². The number of aliphatic hydroxyl groups excluding tert-OH is 2. The molecule has 2 fully saturated rings. The van der Waals surface area contributed by atoms with Crippen molar-refractivity contribution in [3.8, 4) is 12.3 Å². The van der Waals surface area contributed by atoms with Gasteiger partial charge in [0.25, 0.3) is 0 Å². The van der Waals surface area contributed by atoms with Crippen molar-refractivity contribution in [1.29, 1.82) is 0 Å². The van der Waals surface area contributed by atoms with Gasteiger partial charge in [0.1, 0.15) is 30.1 Å². The van der Waals surface area contributed by atoms with Gasteiger partial charge in [-0.15, -0.1) is 29.0 Å². The zero-order valence-electron chi connectivity index (χ0n) is 37.4. The molecular formula is C40H67ClN16O7. The molecule has 24 heteroatoms. The number of rotatable bonds is 25. The van der Waals surface area contributed by atoms with Gasteiger partial charge in [-0.05, 0) is 11.8 Å². The van der Waals surface area contributed by atoms with Crippen molar-refractivity contribution in [3.05, 3.63) is 23.8 Å². The van der Waals surface area contributed by atoms with Crippen LogP contribution in [0, 0.1) is 24.2 Å². The Bertz CT molecular complexity index is 1790. The van der Waals surface area contributed by atoms with Gasteiger partial charge in [0.05, 0.1) is 70.7 Å². The number of piperazine rings is 2.